The van der Waals surface area contributed by atoms with Crippen molar-refractivity contribution in [2.75, 3.05) is 6.61 Å². The van der Waals surface area contributed by atoms with Crippen molar-refractivity contribution < 1.29 is 14.3 Å². The van der Waals surface area contributed by atoms with E-state index in [1.165, 1.54) is 4.57 Å². The average molecular weight is 436 g/mol. The van der Waals surface area contributed by atoms with E-state index in [0.717, 1.165) is 12.8 Å². The summed E-state index contributed by atoms with van der Waals surface area (Å²) in [7, 11) is 0. The molecule has 2 rings (SSSR count). The number of rotatable bonds is 11. The van der Waals surface area contributed by atoms with E-state index in [1.807, 2.05) is 34.6 Å². The zero-order chi connectivity index (χ0) is 23.1. The minimum absolute atomic E-state index is 0.00741. The largest absolute Gasteiger partial charge is 0.456 e. The lowest BCUT2D eigenvalue weighted by Gasteiger charge is -2.12. The Kier molecular flexibility index (Phi) is 8.58. The lowest BCUT2D eigenvalue weighted by Crippen LogP contribution is -2.34. The highest BCUT2D eigenvalue weighted by atomic mass is 16.5. The summed E-state index contributed by atoms with van der Waals surface area (Å²) in [5.41, 5.74) is -0.297. The lowest BCUT2D eigenvalue weighted by molar-refractivity contribution is -0.148. The van der Waals surface area contributed by atoms with Crippen molar-refractivity contribution in [3.63, 3.8) is 0 Å². The quantitative estimate of drug-likeness (QED) is 0.513. The molecule has 0 spiro atoms. The predicted molar refractivity (Wildman–Crippen MR) is 117 cm³/mol. The molecule has 172 valence electrons. The topological polar surface area (TPSA) is 128 Å². The van der Waals surface area contributed by atoms with Crippen molar-refractivity contribution in [3.05, 3.63) is 26.7 Å². The van der Waals surface area contributed by atoms with Gasteiger partial charge in [-0.2, -0.15) is 0 Å². The third-order valence-corrected chi connectivity index (χ3v) is 4.61. The van der Waals surface area contributed by atoms with Gasteiger partial charge in [-0.25, -0.2) is 9.78 Å². The van der Waals surface area contributed by atoms with E-state index in [1.54, 1.807) is 4.57 Å². The number of imidazole rings is 1. The number of carbonyl (C=O) groups is 2. The van der Waals surface area contributed by atoms with Crippen molar-refractivity contribution in [3.8, 4) is 0 Å². The fourth-order valence-electron chi connectivity index (χ4n) is 3.29. The van der Waals surface area contributed by atoms with Crippen LogP contribution in [0.1, 0.15) is 59.7 Å². The number of nitrogens with zero attached hydrogens (tertiary/aromatic N) is 3. The molecule has 2 aromatic rings. The maximum absolute atomic E-state index is 12.6. The van der Waals surface area contributed by atoms with Gasteiger partial charge in [0.1, 0.15) is 5.82 Å². The van der Waals surface area contributed by atoms with Gasteiger partial charge in [-0.05, 0) is 26.2 Å². The molecule has 2 aromatic heterocycles. The van der Waals surface area contributed by atoms with Crippen molar-refractivity contribution in [2.24, 2.45) is 5.92 Å². The van der Waals surface area contributed by atoms with Crippen LogP contribution in [-0.2, 0) is 33.8 Å². The van der Waals surface area contributed by atoms with Crippen LogP contribution in [0.3, 0.4) is 0 Å². The number of fused-ring (bicyclic) bond motifs is 1. The number of hydrogen-bond donors (Lipinski definition) is 2. The van der Waals surface area contributed by atoms with Gasteiger partial charge >= 0.3 is 11.7 Å². The van der Waals surface area contributed by atoms with Gasteiger partial charge in [0.2, 0.25) is 0 Å². The number of aryl methyl sites for hydroxylation is 2. The van der Waals surface area contributed by atoms with E-state index in [9.17, 15) is 19.2 Å². The van der Waals surface area contributed by atoms with Crippen LogP contribution in [0.5, 0.6) is 0 Å². The Balaban J connectivity index is 2.28. The fraction of sp³-hybridized carbons (Fsp3) is 0.667. The second kappa shape index (κ2) is 10.9. The Bertz CT molecular complexity index is 1030. The molecular formula is C21H33N5O5. The molecule has 0 aliphatic rings. The lowest BCUT2D eigenvalue weighted by atomic mass is 10.2. The first-order valence-corrected chi connectivity index (χ1v) is 10.8. The molecule has 0 aliphatic heterocycles. The van der Waals surface area contributed by atoms with Crippen molar-refractivity contribution in [1.82, 2.24) is 24.4 Å². The normalized spacial score (nSPS) is 11.5. The Hall–Kier alpha value is -2.91. The third-order valence-electron chi connectivity index (χ3n) is 4.61. The number of unbranched alkanes of at least 4 members (excludes halogenated alkanes) is 1. The van der Waals surface area contributed by atoms with Crippen LogP contribution in [0.15, 0.2) is 9.59 Å². The number of H-pyrrole nitrogens is 1. The van der Waals surface area contributed by atoms with E-state index >= 15 is 0 Å². The number of amides is 1. The number of aromatic nitrogens is 4. The highest BCUT2D eigenvalue weighted by Gasteiger charge is 2.20. The van der Waals surface area contributed by atoms with E-state index in [-0.39, 0.29) is 37.3 Å². The van der Waals surface area contributed by atoms with Crippen LogP contribution in [0.4, 0.5) is 0 Å². The van der Waals surface area contributed by atoms with Crippen LogP contribution in [0.2, 0.25) is 0 Å². The molecular weight excluding hydrogens is 402 g/mol. The number of ether oxygens (including phenoxy) is 1. The molecule has 0 aliphatic carbocycles. The summed E-state index contributed by atoms with van der Waals surface area (Å²) in [5, 5.41) is 2.65. The molecule has 0 saturated carbocycles. The Labute approximate surface area is 181 Å². The molecule has 0 fully saturated rings. The molecule has 10 nitrogen and oxygen atoms in total. The molecule has 31 heavy (non-hydrogen) atoms. The molecule has 0 saturated heterocycles. The minimum atomic E-state index is -0.528. The van der Waals surface area contributed by atoms with Gasteiger partial charge in [0.05, 0.1) is 6.42 Å². The Morgan fingerprint density at radius 2 is 1.87 bits per heavy atom. The molecule has 0 bridgehead atoms. The first kappa shape index (κ1) is 24.4. The van der Waals surface area contributed by atoms with Gasteiger partial charge in [-0.3, -0.25) is 23.9 Å². The summed E-state index contributed by atoms with van der Waals surface area (Å²) >= 11 is 0. The van der Waals surface area contributed by atoms with E-state index in [2.05, 4.69) is 15.3 Å². The molecule has 10 heteroatoms. The summed E-state index contributed by atoms with van der Waals surface area (Å²) in [4.78, 5) is 55.6. The molecule has 2 N–H and O–H groups in total. The van der Waals surface area contributed by atoms with Crippen LogP contribution < -0.4 is 16.6 Å². The third kappa shape index (κ3) is 6.53. The van der Waals surface area contributed by atoms with Crippen LogP contribution >= 0.6 is 0 Å². The van der Waals surface area contributed by atoms with Gasteiger partial charge in [0.25, 0.3) is 11.5 Å². The second-order valence-electron chi connectivity index (χ2n) is 8.35. The number of hydrogen-bond acceptors (Lipinski definition) is 6. The van der Waals surface area contributed by atoms with E-state index < -0.39 is 17.2 Å². The second-order valence-corrected chi connectivity index (χ2v) is 8.35. The van der Waals surface area contributed by atoms with E-state index in [0.29, 0.717) is 30.1 Å². The van der Waals surface area contributed by atoms with E-state index in [4.69, 9.17) is 4.74 Å². The maximum Gasteiger partial charge on any atom is 0.330 e. The van der Waals surface area contributed by atoms with Gasteiger partial charge < -0.3 is 14.6 Å². The number of esters is 1. The number of aromatic amines is 1. The number of carbonyl (C=O) groups excluding carboxylic acids is 2. The van der Waals surface area contributed by atoms with Crippen LogP contribution in [-0.4, -0.2) is 43.6 Å². The first-order valence-electron chi connectivity index (χ1n) is 10.8. The number of nitrogens with one attached hydrogen (secondary N) is 2. The van der Waals surface area contributed by atoms with Crippen molar-refractivity contribution >= 4 is 23.0 Å². The Morgan fingerprint density at radius 3 is 2.48 bits per heavy atom. The summed E-state index contributed by atoms with van der Waals surface area (Å²) in [6.07, 6.45) is 1.90. The highest BCUT2D eigenvalue weighted by Crippen LogP contribution is 2.16. The van der Waals surface area contributed by atoms with Crippen molar-refractivity contribution in [1.29, 1.82) is 0 Å². The summed E-state index contributed by atoms with van der Waals surface area (Å²) in [5.74, 6) is -0.131. The zero-order valence-corrected chi connectivity index (χ0v) is 19.0. The summed E-state index contributed by atoms with van der Waals surface area (Å²) in [6.45, 7) is 10.3. The fourth-order valence-corrected chi connectivity index (χ4v) is 3.29. The summed E-state index contributed by atoms with van der Waals surface area (Å²) < 4.78 is 8.29. The smallest absolute Gasteiger partial charge is 0.330 e. The van der Waals surface area contributed by atoms with Gasteiger partial charge in [0.15, 0.2) is 17.8 Å². The molecule has 0 atom stereocenters. The molecule has 1 amide bonds. The standard InChI is InChI=1S/C21H33N5O5/c1-6-7-10-25-19-18(20(29)24-21(25)30)26(11-13(2)3)15(23-19)8-9-17(28)31-12-16(27)22-14(4)5/h13-14H,6-12H2,1-5H3,(H,22,27)(H,24,29,30). The van der Waals surface area contributed by atoms with Gasteiger partial charge in [-0.1, -0.05) is 27.2 Å². The molecule has 0 aromatic carbocycles. The van der Waals surface area contributed by atoms with Crippen molar-refractivity contribution in [2.45, 2.75) is 79.4 Å². The molecule has 0 radical (unpaired) electrons. The first-order chi connectivity index (χ1) is 14.6. The summed E-state index contributed by atoms with van der Waals surface area (Å²) in [6, 6.07) is -0.0365. The van der Waals surface area contributed by atoms with Gasteiger partial charge in [-0.15, -0.1) is 0 Å². The van der Waals surface area contributed by atoms with Crippen LogP contribution in [0.25, 0.3) is 11.2 Å². The molecule has 0 unspecified atom stereocenters. The Morgan fingerprint density at radius 1 is 1.16 bits per heavy atom. The van der Waals surface area contributed by atoms with Gasteiger partial charge in [0, 0.05) is 25.6 Å². The monoisotopic (exact) mass is 435 g/mol. The predicted octanol–water partition coefficient (Wildman–Crippen LogP) is 1.34. The minimum Gasteiger partial charge on any atom is -0.456 e. The van der Waals surface area contributed by atoms with Crippen LogP contribution in [0, 0.1) is 5.92 Å². The highest BCUT2D eigenvalue weighted by molar-refractivity contribution is 5.80. The SMILES string of the molecule is CCCCn1c(=O)[nH]c(=O)c2c1nc(CCC(=O)OCC(=O)NC(C)C)n2CC(C)C. The maximum atomic E-state index is 12.6. The zero-order valence-electron chi connectivity index (χ0n) is 19.0. The average Bonchev–Trinajstić information content (AvgIpc) is 3.02. The molecule has 2 heterocycles.